The van der Waals surface area contributed by atoms with Gasteiger partial charge in [-0.15, -0.1) is 0 Å². The molecular formula is C13H23NO3. The van der Waals surface area contributed by atoms with Crippen LogP contribution < -0.4 is 0 Å². The minimum atomic E-state index is -0.0792. The Hall–Kier alpha value is -0.610. The van der Waals surface area contributed by atoms with Crippen LogP contribution in [-0.2, 0) is 14.3 Å². The average molecular weight is 241 g/mol. The molecule has 0 aromatic heterocycles. The van der Waals surface area contributed by atoms with Crippen LogP contribution in [0.5, 0.6) is 0 Å². The lowest BCUT2D eigenvalue weighted by molar-refractivity contribution is -0.155. The first-order chi connectivity index (χ1) is 8.27. The molecule has 4 nitrogen and oxygen atoms in total. The van der Waals surface area contributed by atoms with Gasteiger partial charge in [0.2, 0.25) is 0 Å². The number of rotatable bonds is 4. The third kappa shape index (κ3) is 2.63. The highest BCUT2D eigenvalue weighted by Crippen LogP contribution is 2.31. The second kappa shape index (κ2) is 5.83. The van der Waals surface area contributed by atoms with Crippen molar-refractivity contribution in [2.24, 2.45) is 0 Å². The van der Waals surface area contributed by atoms with Gasteiger partial charge in [-0.3, -0.25) is 9.69 Å². The molecule has 3 unspecified atom stereocenters. The zero-order valence-electron chi connectivity index (χ0n) is 10.9. The highest BCUT2D eigenvalue weighted by Gasteiger charge is 2.41. The Morgan fingerprint density at radius 2 is 2.29 bits per heavy atom. The van der Waals surface area contributed by atoms with E-state index < -0.39 is 0 Å². The van der Waals surface area contributed by atoms with E-state index in [0.29, 0.717) is 18.8 Å². The molecule has 0 amide bonds. The summed E-state index contributed by atoms with van der Waals surface area (Å²) >= 11 is 0. The monoisotopic (exact) mass is 241 g/mol. The highest BCUT2D eigenvalue weighted by molar-refractivity contribution is 5.75. The largest absolute Gasteiger partial charge is 0.465 e. The number of ether oxygens (including phenoxy) is 2. The van der Waals surface area contributed by atoms with E-state index in [4.69, 9.17) is 9.47 Å². The van der Waals surface area contributed by atoms with Gasteiger partial charge in [0.25, 0.3) is 0 Å². The SMILES string of the molecule is CCOC(=O)C(CC)N1CCOC2CCCC21. The van der Waals surface area contributed by atoms with Crippen molar-refractivity contribution in [1.29, 1.82) is 0 Å². The number of esters is 1. The smallest absolute Gasteiger partial charge is 0.323 e. The van der Waals surface area contributed by atoms with Crippen LogP contribution in [0.25, 0.3) is 0 Å². The quantitative estimate of drug-likeness (QED) is 0.701. The number of nitrogens with zero attached hydrogens (tertiary/aromatic N) is 1. The summed E-state index contributed by atoms with van der Waals surface area (Å²) in [7, 11) is 0. The third-order valence-corrected chi connectivity index (χ3v) is 3.87. The molecule has 0 radical (unpaired) electrons. The normalized spacial score (nSPS) is 30.9. The van der Waals surface area contributed by atoms with E-state index in [9.17, 15) is 4.79 Å². The molecule has 0 N–H and O–H groups in total. The van der Waals surface area contributed by atoms with Gasteiger partial charge >= 0.3 is 5.97 Å². The van der Waals surface area contributed by atoms with Crippen LogP contribution >= 0.6 is 0 Å². The van der Waals surface area contributed by atoms with Gasteiger partial charge in [0.1, 0.15) is 6.04 Å². The van der Waals surface area contributed by atoms with E-state index in [0.717, 1.165) is 32.4 Å². The standard InChI is InChI=1S/C13H23NO3/c1-3-10(13(15)16-4-2)14-8-9-17-12-7-5-6-11(12)14/h10-12H,3-9H2,1-2H3. The number of fused-ring (bicyclic) bond motifs is 1. The van der Waals surface area contributed by atoms with Crippen LogP contribution in [0.15, 0.2) is 0 Å². The predicted octanol–water partition coefficient (Wildman–Crippen LogP) is 1.58. The number of hydrogen-bond donors (Lipinski definition) is 0. The van der Waals surface area contributed by atoms with Crippen molar-refractivity contribution in [2.45, 2.75) is 57.7 Å². The molecule has 1 saturated carbocycles. The summed E-state index contributed by atoms with van der Waals surface area (Å²) in [5.74, 6) is -0.0671. The summed E-state index contributed by atoms with van der Waals surface area (Å²) in [6.07, 6.45) is 4.67. The fourth-order valence-corrected chi connectivity index (χ4v) is 3.12. The van der Waals surface area contributed by atoms with E-state index in [1.54, 1.807) is 0 Å². The van der Waals surface area contributed by atoms with Gasteiger partial charge in [0.05, 0.1) is 19.3 Å². The molecule has 0 aromatic carbocycles. The molecule has 1 heterocycles. The molecule has 1 aliphatic carbocycles. The van der Waals surface area contributed by atoms with Crippen LogP contribution in [0.2, 0.25) is 0 Å². The maximum Gasteiger partial charge on any atom is 0.323 e. The van der Waals surface area contributed by atoms with Crippen LogP contribution in [0.3, 0.4) is 0 Å². The summed E-state index contributed by atoms with van der Waals surface area (Å²) < 4.78 is 10.9. The zero-order chi connectivity index (χ0) is 12.3. The van der Waals surface area contributed by atoms with Crippen molar-refractivity contribution in [3.05, 3.63) is 0 Å². The van der Waals surface area contributed by atoms with Gasteiger partial charge in [-0.05, 0) is 32.6 Å². The number of carbonyl (C=O) groups excluding carboxylic acids is 1. The first kappa shape index (κ1) is 12.8. The first-order valence-corrected chi connectivity index (χ1v) is 6.81. The van der Waals surface area contributed by atoms with Gasteiger partial charge in [-0.1, -0.05) is 6.92 Å². The summed E-state index contributed by atoms with van der Waals surface area (Å²) in [5, 5.41) is 0. The minimum absolute atomic E-state index is 0.0671. The summed E-state index contributed by atoms with van der Waals surface area (Å²) in [5.41, 5.74) is 0. The van der Waals surface area contributed by atoms with E-state index in [-0.39, 0.29) is 12.0 Å². The van der Waals surface area contributed by atoms with E-state index >= 15 is 0 Å². The maximum atomic E-state index is 12.0. The van der Waals surface area contributed by atoms with Crippen molar-refractivity contribution < 1.29 is 14.3 Å². The predicted molar refractivity (Wildman–Crippen MR) is 64.8 cm³/mol. The lowest BCUT2D eigenvalue weighted by Crippen LogP contribution is -2.55. The summed E-state index contributed by atoms with van der Waals surface area (Å²) in [6.45, 7) is 5.99. The van der Waals surface area contributed by atoms with Crippen molar-refractivity contribution in [3.63, 3.8) is 0 Å². The zero-order valence-corrected chi connectivity index (χ0v) is 10.9. The van der Waals surface area contributed by atoms with Gasteiger partial charge in [-0.2, -0.15) is 0 Å². The maximum absolute atomic E-state index is 12.0. The lowest BCUT2D eigenvalue weighted by atomic mass is 10.1. The number of morpholine rings is 1. The average Bonchev–Trinajstić information content (AvgIpc) is 2.79. The minimum Gasteiger partial charge on any atom is -0.465 e. The Kier molecular flexibility index (Phi) is 4.40. The summed E-state index contributed by atoms with van der Waals surface area (Å²) in [6, 6.07) is 0.350. The van der Waals surface area contributed by atoms with E-state index in [1.807, 2.05) is 6.92 Å². The fraction of sp³-hybridized carbons (Fsp3) is 0.923. The van der Waals surface area contributed by atoms with Crippen molar-refractivity contribution in [2.75, 3.05) is 19.8 Å². The molecule has 4 heteroatoms. The van der Waals surface area contributed by atoms with Crippen LogP contribution in [0.4, 0.5) is 0 Å². The topological polar surface area (TPSA) is 38.8 Å². The van der Waals surface area contributed by atoms with Crippen LogP contribution in [0.1, 0.15) is 39.5 Å². The highest BCUT2D eigenvalue weighted by atomic mass is 16.5. The molecule has 0 spiro atoms. The summed E-state index contributed by atoms with van der Waals surface area (Å²) in [4.78, 5) is 14.3. The Morgan fingerprint density at radius 3 is 3.00 bits per heavy atom. The molecule has 17 heavy (non-hydrogen) atoms. The molecule has 2 aliphatic rings. The Bertz CT molecular complexity index is 269. The van der Waals surface area contributed by atoms with Crippen LogP contribution in [-0.4, -0.2) is 48.8 Å². The van der Waals surface area contributed by atoms with Crippen LogP contribution in [0, 0.1) is 0 Å². The van der Waals surface area contributed by atoms with Gasteiger partial charge in [-0.25, -0.2) is 0 Å². The van der Waals surface area contributed by atoms with Crippen molar-refractivity contribution in [3.8, 4) is 0 Å². The molecule has 2 rings (SSSR count). The molecule has 1 saturated heterocycles. The lowest BCUT2D eigenvalue weighted by Gasteiger charge is -2.41. The first-order valence-electron chi connectivity index (χ1n) is 6.81. The van der Waals surface area contributed by atoms with Gasteiger partial charge in [0.15, 0.2) is 0 Å². The molecule has 1 aliphatic heterocycles. The van der Waals surface area contributed by atoms with Gasteiger partial charge in [0, 0.05) is 12.6 Å². The Balaban J connectivity index is 2.04. The molecule has 3 atom stereocenters. The van der Waals surface area contributed by atoms with Crippen molar-refractivity contribution >= 4 is 5.97 Å². The fourth-order valence-electron chi connectivity index (χ4n) is 3.12. The Labute approximate surface area is 103 Å². The van der Waals surface area contributed by atoms with E-state index in [2.05, 4.69) is 11.8 Å². The molecule has 0 bridgehead atoms. The second-order valence-electron chi connectivity index (χ2n) is 4.82. The Morgan fingerprint density at radius 1 is 1.47 bits per heavy atom. The molecule has 2 fully saturated rings. The molecule has 98 valence electrons. The number of carbonyl (C=O) groups is 1. The van der Waals surface area contributed by atoms with E-state index in [1.165, 1.54) is 6.42 Å². The van der Waals surface area contributed by atoms with Crippen molar-refractivity contribution in [1.82, 2.24) is 4.90 Å². The third-order valence-electron chi connectivity index (χ3n) is 3.87. The molecule has 0 aromatic rings. The second-order valence-corrected chi connectivity index (χ2v) is 4.82. The number of hydrogen-bond acceptors (Lipinski definition) is 4. The molecular weight excluding hydrogens is 218 g/mol. The van der Waals surface area contributed by atoms with Gasteiger partial charge < -0.3 is 9.47 Å².